The fourth-order valence-corrected chi connectivity index (χ4v) is 2.17. The van der Waals surface area contributed by atoms with Gasteiger partial charge in [0.05, 0.1) is 13.2 Å². The molecule has 0 bridgehead atoms. The fourth-order valence-electron chi connectivity index (χ4n) is 1.91. The average molecular weight is 330 g/mol. The van der Waals surface area contributed by atoms with Gasteiger partial charge in [-0.3, -0.25) is 0 Å². The van der Waals surface area contributed by atoms with Crippen molar-refractivity contribution < 1.29 is 9.47 Å². The molecule has 19 heavy (non-hydrogen) atoms. The summed E-state index contributed by atoms with van der Waals surface area (Å²) >= 11 is 3.47. The van der Waals surface area contributed by atoms with Crippen molar-refractivity contribution >= 4 is 15.9 Å². The lowest BCUT2D eigenvalue weighted by molar-refractivity contribution is 0.0670. The highest BCUT2D eigenvalue weighted by Crippen LogP contribution is 2.21. The van der Waals surface area contributed by atoms with E-state index in [2.05, 4.69) is 52.4 Å². The van der Waals surface area contributed by atoms with Crippen molar-refractivity contribution in [3.05, 3.63) is 34.3 Å². The summed E-state index contributed by atoms with van der Waals surface area (Å²) in [6.07, 6.45) is 1.03. The molecule has 108 valence electrons. The molecular formula is C15H24BrNO2. The highest BCUT2D eigenvalue weighted by Gasteiger charge is 2.10. The summed E-state index contributed by atoms with van der Waals surface area (Å²) in [6.45, 7) is 6.23. The van der Waals surface area contributed by atoms with Crippen molar-refractivity contribution in [2.24, 2.45) is 0 Å². The maximum Gasteiger partial charge on any atom is 0.0700 e. The first kappa shape index (κ1) is 16.6. The zero-order valence-electron chi connectivity index (χ0n) is 11.8. The third-order valence-electron chi connectivity index (χ3n) is 3.02. The maximum atomic E-state index is 5.57. The van der Waals surface area contributed by atoms with Gasteiger partial charge in [0.1, 0.15) is 0 Å². The Hall–Kier alpha value is -0.420. The Morgan fingerprint density at radius 3 is 2.53 bits per heavy atom. The number of hydrogen-bond donors (Lipinski definition) is 1. The molecule has 0 aliphatic carbocycles. The van der Waals surface area contributed by atoms with E-state index in [4.69, 9.17) is 9.47 Å². The van der Waals surface area contributed by atoms with Crippen LogP contribution in [-0.4, -0.2) is 40.0 Å². The zero-order chi connectivity index (χ0) is 13.9. The van der Waals surface area contributed by atoms with E-state index < -0.39 is 0 Å². The molecule has 0 fully saturated rings. The highest BCUT2D eigenvalue weighted by atomic mass is 79.9. The fraction of sp³-hybridized carbons (Fsp3) is 0.600. The van der Waals surface area contributed by atoms with Gasteiger partial charge in [-0.15, -0.1) is 0 Å². The first-order valence-electron chi connectivity index (χ1n) is 6.80. The molecule has 0 radical (unpaired) electrons. The number of nitrogens with one attached hydrogen (secondary N) is 1. The number of halogens is 1. The molecule has 0 heterocycles. The summed E-state index contributed by atoms with van der Waals surface area (Å²) in [7, 11) is 1.69. The lowest BCUT2D eigenvalue weighted by Crippen LogP contribution is -2.22. The monoisotopic (exact) mass is 329 g/mol. The molecular weight excluding hydrogens is 306 g/mol. The van der Waals surface area contributed by atoms with Gasteiger partial charge in [0.2, 0.25) is 0 Å². The average Bonchev–Trinajstić information content (AvgIpc) is 2.43. The predicted octanol–water partition coefficient (Wildman–Crippen LogP) is 3.20. The molecule has 1 rings (SSSR count). The van der Waals surface area contributed by atoms with Crippen LogP contribution in [0.3, 0.4) is 0 Å². The third-order valence-corrected chi connectivity index (χ3v) is 3.55. The van der Waals surface area contributed by atoms with E-state index >= 15 is 0 Å². The van der Waals surface area contributed by atoms with Gasteiger partial charge in [-0.05, 0) is 36.6 Å². The van der Waals surface area contributed by atoms with E-state index in [9.17, 15) is 0 Å². The van der Waals surface area contributed by atoms with Crippen molar-refractivity contribution in [2.75, 3.05) is 40.0 Å². The second kappa shape index (κ2) is 10.4. The first-order chi connectivity index (χ1) is 9.27. The molecule has 0 amide bonds. The summed E-state index contributed by atoms with van der Waals surface area (Å²) < 4.78 is 11.7. The Bertz CT molecular complexity index is 329. The molecule has 1 unspecified atom stereocenters. The quantitative estimate of drug-likeness (QED) is 0.669. The number of methoxy groups -OCH3 is 1. The van der Waals surface area contributed by atoms with Crippen molar-refractivity contribution in [3.63, 3.8) is 0 Å². The molecule has 0 saturated heterocycles. The third kappa shape index (κ3) is 7.06. The Kier molecular flexibility index (Phi) is 9.08. The summed E-state index contributed by atoms with van der Waals surface area (Å²) in [5, 5.41) is 3.42. The standard InChI is InChI=1S/C15H24BrNO2/c1-3-17-12-14(8-9-19-11-10-18-2)13-4-6-15(16)7-5-13/h4-7,14,17H,3,8-12H2,1-2H3. The van der Waals surface area contributed by atoms with Crippen LogP contribution in [0.5, 0.6) is 0 Å². The lowest BCUT2D eigenvalue weighted by atomic mass is 9.96. The van der Waals surface area contributed by atoms with Crippen LogP contribution in [0.2, 0.25) is 0 Å². The largest absolute Gasteiger partial charge is 0.382 e. The number of rotatable bonds is 10. The minimum absolute atomic E-state index is 0.496. The van der Waals surface area contributed by atoms with E-state index in [1.165, 1.54) is 5.56 Å². The van der Waals surface area contributed by atoms with Gasteiger partial charge in [0, 0.05) is 24.7 Å². The molecule has 0 saturated carbocycles. The normalized spacial score (nSPS) is 12.6. The van der Waals surface area contributed by atoms with Crippen LogP contribution in [0.15, 0.2) is 28.7 Å². The van der Waals surface area contributed by atoms with Crippen LogP contribution in [0.1, 0.15) is 24.8 Å². The van der Waals surface area contributed by atoms with Crippen LogP contribution in [-0.2, 0) is 9.47 Å². The van der Waals surface area contributed by atoms with Crippen LogP contribution in [0.25, 0.3) is 0 Å². The van der Waals surface area contributed by atoms with E-state index in [1.54, 1.807) is 7.11 Å². The second-order valence-electron chi connectivity index (χ2n) is 4.45. The Labute approximate surface area is 124 Å². The van der Waals surface area contributed by atoms with Crippen molar-refractivity contribution in [1.29, 1.82) is 0 Å². The van der Waals surface area contributed by atoms with Crippen LogP contribution >= 0.6 is 15.9 Å². The van der Waals surface area contributed by atoms with Gasteiger partial charge in [0.25, 0.3) is 0 Å². The topological polar surface area (TPSA) is 30.5 Å². The molecule has 3 nitrogen and oxygen atoms in total. The summed E-state index contributed by atoms with van der Waals surface area (Å²) in [5.41, 5.74) is 1.36. The van der Waals surface area contributed by atoms with Gasteiger partial charge in [-0.1, -0.05) is 35.0 Å². The molecule has 0 aliphatic heterocycles. The smallest absolute Gasteiger partial charge is 0.0700 e. The molecule has 1 N–H and O–H groups in total. The first-order valence-corrected chi connectivity index (χ1v) is 7.60. The number of ether oxygens (including phenoxy) is 2. The molecule has 0 aliphatic rings. The summed E-state index contributed by atoms with van der Waals surface area (Å²) in [6, 6.07) is 8.56. The van der Waals surface area contributed by atoms with Crippen LogP contribution < -0.4 is 5.32 Å². The number of benzene rings is 1. The zero-order valence-corrected chi connectivity index (χ0v) is 13.4. The Morgan fingerprint density at radius 2 is 1.89 bits per heavy atom. The number of likely N-dealkylation sites (N-methyl/N-ethyl adjacent to an activating group) is 1. The van der Waals surface area contributed by atoms with Gasteiger partial charge in [-0.2, -0.15) is 0 Å². The van der Waals surface area contributed by atoms with Crippen molar-refractivity contribution in [3.8, 4) is 0 Å². The van der Waals surface area contributed by atoms with Gasteiger partial charge < -0.3 is 14.8 Å². The minimum atomic E-state index is 0.496. The van der Waals surface area contributed by atoms with E-state index in [1.807, 2.05) is 0 Å². The molecule has 4 heteroatoms. The predicted molar refractivity (Wildman–Crippen MR) is 82.7 cm³/mol. The summed E-state index contributed by atoms with van der Waals surface area (Å²) in [5.74, 6) is 0.496. The van der Waals surface area contributed by atoms with E-state index in [0.29, 0.717) is 19.1 Å². The highest BCUT2D eigenvalue weighted by molar-refractivity contribution is 9.10. The van der Waals surface area contributed by atoms with Gasteiger partial charge >= 0.3 is 0 Å². The Morgan fingerprint density at radius 1 is 1.16 bits per heavy atom. The van der Waals surface area contributed by atoms with E-state index in [0.717, 1.165) is 30.6 Å². The summed E-state index contributed by atoms with van der Waals surface area (Å²) in [4.78, 5) is 0. The SMILES string of the molecule is CCNCC(CCOCCOC)c1ccc(Br)cc1. The van der Waals surface area contributed by atoms with Crippen LogP contribution in [0.4, 0.5) is 0 Å². The van der Waals surface area contributed by atoms with Crippen LogP contribution in [0, 0.1) is 0 Å². The second-order valence-corrected chi connectivity index (χ2v) is 5.37. The molecule has 0 aromatic heterocycles. The van der Waals surface area contributed by atoms with Crippen molar-refractivity contribution in [1.82, 2.24) is 5.32 Å². The molecule has 1 aromatic carbocycles. The molecule has 0 spiro atoms. The minimum Gasteiger partial charge on any atom is -0.382 e. The molecule has 1 aromatic rings. The van der Waals surface area contributed by atoms with Gasteiger partial charge in [0.15, 0.2) is 0 Å². The number of hydrogen-bond acceptors (Lipinski definition) is 3. The Balaban J connectivity index is 2.44. The van der Waals surface area contributed by atoms with E-state index in [-0.39, 0.29) is 0 Å². The lowest BCUT2D eigenvalue weighted by Gasteiger charge is -2.18. The maximum absolute atomic E-state index is 5.57. The van der Waals surface area contributed by atoms with Crippen molar-refractivity contribution in [2.45, 2.75) is 19.3 Å². The van der Waals surface area contributed by atoms with Gasteiger partial charge in [-0.25, -0.2) is 0 Å². The molecule has 1 atom stereocenters.